The zero-order chi connectivity index (χ0) is 103. The number of hydrogen-bond donors (Lipinski definition) is 0. The van der Waals surface area contributed by atoms with Crippen LogP contribution in [0.5, 0.6) is 0 Å². The van der Waals surface area contributed by atoms with E-state index in [9.17, 15) is 38.4 Å². The summed E-state index contributed by atoms with van der Waals surface area (Å²) in [5.74, 6) is 2.19. The Hall–Kier alpha value is -6.80. The van der Waals surface area contributed by atoms with Crippen LogP contribution in [0.2, 0.25) is 0 Å². The summed E-state index contributed by atoms with van der Waals surface area (Å²) < 4.78 is 0. The fourth-order valence-electron chi connectivity index (χ4n) is 17.0. The Kier molecular flexibility index (Phi) is 45.2. The Morgan fingerprint density at radius 2 is 0.159 bits per heavy atom. The third kappa shape index (κ3) is 56.0. The van der Waals surface area contributed by atoms with E-state index in [0.717, 1.165) is 218 Å². The van der Waals surface area contributed by atoms with E-state index in [1.807, 2.05) is 0 Å². The fourth-order valence-corrected chi connectivity index (χ4v) is 17.0. The number of rotatable bonds is 0. The van der Waals surface area contributed by atoms with Gasteiger partial charge in [-0.15, -0.1) is 0 Å². The molecule has 0 atom stereocenters. The molecule has 0 saturated heterocycles. The van der Waals surface area contributed by atoms with Crippen molar-refractivity contribution in [3.05, 3.63) is 186 Å². The summed E-state index contributed by atoms with van der Waals surface area (Å²) in [6.45, 7) is 103. The fraction of sp³-hybridized carbons (Fsp3) is 0.677. The second-order valence-electron chi connectivity index (χ2n) is 56.6. The van der Waals surface area contributed by atoms with Crippen molar-refractivity contribution in [3.63, 3.8) is 0 Å². The number of carbonyl (C=O) groups is 8. The molecule has 0 aromatic rings. The summed E-state index contributed by atoms with van der Waals surface area (Å²) in [6, 6.07) is 0. The highest BCUT2D eigenvalue weighted by Crippen LogP contribution is 2.42. The van der Waals surface area contributed by atoms with Gasteiger partial charge < -0.3 is 0 Å². The van der Waals surface area contributed by atoms with Gasteiger partial charge in [0.15, 0.2) is 46.3 Å². The van der Waals surface area contributed by atoms with Gasteiger partial charge in [0, 0.05) is 0 Å². The number of Topliss-reactive ketones (excluding diaryl/α,β-unsaturated/α-hetero) is 8. The molecule has 0 radical (unpaired) electrons. The summed E-state index contributed by atoms with van der Waals surface area (Å²) in [7, 11) is 0. The second-order valence-corrected chi connectivity index (χ2v) is 56.6. The van der Waals surface area contributed by atoms with E-state index in [0.29, 0.717) is 0 Å². The van der Waals surface area contributed by atoms with Crippen molar-refractivity contribution in [2.45, 2.75) is 461 Å². The summed E-state index contributed by atoms with van der Waals surface area (Å²) in [6.07, 6.45) is 53.4. The maximum Gasteiger partial charge on any atom is 0.184 e. The summed E-state index contributed by atoms with van der Waals surface area (Å²) in [5, 5.41) is 0. The minimum Gasteiger partial charge on any atom is -0.289 e. The molecule has 0 heterocycles. The van der Waals surface area contributed by atoms with Crippen LogP contribution in [0, 0.1) is 86.6 Å². The molecule has 0 aliphatic heterocycles. The van der Waals surface area contributed by atoms with E-state index in [4.69, 9.17) is 0 Å². The van der Waals surface area contributed by atoms with Crippen LogP contribution in [-0.4, -0.2) is 46.3 Å². The SMILES string of the molecule is CC(C)(C)/C=C1/CC/C(=C/C(C)(C)C)C1=O.CC(C)(C)/C=C1/CC/C(=C\C(C)(C)C)C1=O.CC(C)(C)/C=C1/CC/C(=C\C(C)(C)C)C1=O.CC(C)(C)/C=C1/CCC/C(=C/C(C)(C)C)C1=O.CC(C)(C)/C=C1/CCC/C(=C\C(C)(C)C)C1=O.CC(C)(C)/C=C1/CCC/C(=C\C(C)(C)C)C1=O.CC(C)(C)/C=C1\CC/C(=C\C(C)(C)C)C1=O.CC(C)(C)/C=C1\CCC/C(=C\C(C)(C)C)C1=O. The summed E-state index contributed by atoms with van der Waals surface area (Å²) in [5.41, 5.74) is 17.7. The zero-order valence-electron chi connectivity index (χ0n) is 94.6. The van der Waals surface area contributed by atoms with Gasteiger partial charge in [-0.1, -0.05) is 430 Å². The molecular weight excluding hydrogens is 1620 g/mol. The predicted molar refractivity (Wildman–Crippen MR) is 573 cm³/mol. The van der Waals surface area contributed by atoms with Gasteiger partial charge in [-0.3, -0.25) is 38.4 Å². The Morgan fingerprint density at radius 3 is 0.212 bits per heavy atom. The van der Waals surface area contributed by atoms with Crippen LogP contribution in [0.1, 0.15) is 461 Å². The lowest BCUT2D eigenvalue weighted by Gasteiger charge is -2.23. The number of allylic oxidation sites excluding steroid dienone is 32. The van der Waals surface area contributed by atoms with E-state index in [1.54, 1.807) is 0 Å². The molecule has 8 saturated carbocycles. The smallest absolute Gasteiger partial charge is 0.184 e. The average molecular weight is 1820 g/mol. The van der Waals surface area contributed by atoms with Gasteiger partial charge in [0.1, 0.15) is 0 Å². The minimum absolute atomic E-state index is 0.0924. The van der Waals surface area contributed by atoms with Gasteiger partial charge in [-0.25, -0.2) is 0 Å². The van der Waals surface area contributed by atoms with Gasteiger partial charge in [0.05, 0.1) is 0 Å². The lowest BCUT2D eigenvalue weighted by atomic mass is 9.81. The molecule has 0 amide bonds. The molecule has 744 valence electrons. The van der Waals surface area contributed by atoms with Crippen molar-refractivity contribution in [3.8, 4) is 0 Å². The average Bonchev–Trinajstić information content (AvgIpc) is 1.65. The minimum atomic E-state index is 0.0924. The predicted octanol–water partition coefficient (Wildman–Crippen LogP) is 35.9. The first-order valence-electron chi connectivity index (χ1n) is 50.5. The largest absolute Gasteiger partial charge is 0.289 e. The first-order valence-corrected chi connectivity index (χ1v) is 50.5. The van der Waals surface area contributed by atoms with Crippen LogP contribution in [0.15, 0.2) is 186 Å². The molecule has 0 aromatic heterocycles. The molecule has 8 aliphatic carbocycles. The number of carbonyl (C=O) groups excluding carboxylic acids is 8. The molecule has 0 unspecified atom stereocenters. The first kappa shape index (κ1) is 123. The van der Waals surface area contributed by atoms with Crippen LogP contribution < -0.4 is 0 Å². The van der Waals surface area contributed by atoms with Crippen molar-refractivity contribution < 1.29 is 38.4 Å². The molecule has 132 heavy (non-hydrogen) atoms. The lowest BCUT2D eigenvalue weighted by Crippen LogP contribution is -2.17. The normalized spacial score (nSPS) is 23.5. The molecule has 8 rings (SSSR count). The highest BCUT2D eigenvalue weighted by atomic mass is 16.2. The number of hydrogen-bond acceptors (Lipinski definition) is 8. The van der Waals surface area contributed by atoms with Crippen LogP contribution in [-0.2, 0) is 38.4 Å². The van der Waals surface area contributed by atoms with Crippen molar-refractivity contribution in [2.24, 2.45) is 86.6 Å². The third-order valence-electron chi connectivity index (χ3n) is 20.6. The van der Waals surface area contributed by atoms with E-state index in [-0.39, 0.29) is 133 Å². The van der Waals surface area contributed by atoms with Crippen LogP contribution in [0.3, 0.4) is 0 Å². The molecule has 0 aromatic carbocycles. The molecule has 8 aliphatic rings. The monoisotopic (exact) mass is 1820 g/mol. The number of ketones is 8. The maximum atomic E-state index is 12.3. The van der Waals surface area contributed by atoms with Gasteiger partial charge in [-0.05, 0) is 304 Å². The molecule has 8 heteroatoms. The highest BCUT2D eigenvalue weighted by Gasteiger charge is 2.34. The lowest BCUT2D eigenvalue weighted by molar-refractivity contribution is -0.113. The Balaban J connectivity index is 0.000000754. The molecule has 8 fully saturated rings. The maximum absolute atomic E-state index is 12.3. The van der Waals surface area contributed by atoms with Crippen molar-refractivity contribution in [1.82, 2.24) is 0 Å². The van der Waals surface area contributed by atoms with E-state index in [2.05, 4.69) is 430 Å². The Morgan fingerprint density at radius 1 is 0.106 bits per heavy atom. The summed E-state index contributed by atoms with van der Waals surface area (Å²) >= 11 is 0. The van der Waals surface area contributed by atoms with Gasteiger partial charge in [-0.2, -0.15) is 0 Å². The zero-order valence-corrected chi connectivity index (χ0v) is 94.6. The second kappa shape index (κ2) is 48.5. The topological polar surface area (TPSA) is 137 Å². The van der Waals surface area contributed by atoms with Crippen LogP contribution in [0.4, 0.5) is 0 Å². The molecule has 8 nitrogen and oxygen atoms in total. The van der Waals surface area contributed by atoms with E-state index >= 15 is 0 Å². The van der Waals surface area contributed by atoms with Crippen molar-refractivity contribution >= 4 is 46.3 Å². The van der Waals surface area contributed by atoms with Gasteiger partial charge >= 0.3 is 0 Å². The quantitative estimate of drug-likeness (QED) is 0.219. The van der Waals surface area contributed by atoms with E-state index < -0.39 is 0 Å². The van der Waals surface area contributed by atoms with Gasteiger partial charge in [0.2, 0.25) is 0 Å². The van der Waals surface area contributed by atoms with E-state index in [1.165, 1.54) is 0 Å². The Labute approximate surface area is 813 Å². The van der Waals surface area contributed by atoms with Crippen molar-refractivity contribution in [1.29, 1.82) is 0 Å². The summed E-state index contributed by atoms with van der Waals surface area (Å²) in [4.78, 5) is 97.9. The highest BCUT2D eigenvalue weighted by molar-refractivity contribution is 6.14. The van der Waals surface area contributed by atoms with Crippen LogP contribution >= 0.6 is 0 Å². The van der Waals surface area contributed by atoms with Crippen molar-refractivity contribution in [2.75, 3.05) is 0 Å². The third-order valence-corrected chi connectivity index (χ3v) is 20.6. The molecular formula is C124H200O8. The molecule has 0 bridgehead atoms. The standard InChI is InChI=1S/4C16H26O.4C15H24O/c4*1-15(2,3)10-12-8-7-9-13(14(12)17)11-16(4,5)6;4*1-14(2,3)9-11-7-8-12(13(11)16)10-15(4,5)6/h4*10-11H,7-9H2,1-6H3;4*9-10H,7-8H2,1-6H3/b12-10+,13-11+;2*12-10-,13-11+;12-10-,13-11-;11-9+,12-10+;2*11-9-,12-10+;11-9-,12-10-. The molecule has 0 N–H and O–H groups in total. The van der Waals surface area contributed by atoms with Gasteiger partial charge in [0.25, 0.3) is 0 Å². The van der Waals surface area contributed by atoms with Crippen LogP contribution in [0.25, 0.3) is 0 Å². The Bertz CT molecular complexity index is 3690. The first-order chi connectivity index (χ1) is 58.7. The molecule has 0 spiro atoms.